The van der Waals surface area contributed by atoms with Gasteiger partial charge in [0.05, 0.1) is 11.6 Å². The van der Waals surface area contributed by atoms with Crippen LogP contribution in [-0.2, 0) is 5.67 Å². The zero-order valence-electron chi connectivity index (χ0n) is 14.3. The predicted octanol–water partition coefficient (Wildman–Crippen LogP) is 6.38. The quantitative estimate of drug-likeness (QED) is 0.641. The average molecular weight is 321 g/mol. The number of rotatable bonds is 4. The molecule has 0 spiro atoms. The zero-order valence-corrected chi connectivity index (χ0v) is 14.3. The third-order valence-corrected chi connectivity index (χ3v) is 5.34. The Hall–Kier alpha value is -2.14. The van der Waals surface area contributed by atoms with Crippen molar-refractivity contribution >= 4 is 0 Å². The number of halogens is 1. The highest BCUT2D eigenvalue weighted by Crippen LogP contribution is 2.44. The van der Waals surface area contributed by atoms with Crippen molar-refractivity contribution < 1.29 is 4.39 Å². The van der Waals surface area contributed by atoms with Gasteiger partial charge in [-0.1, -0.05) is 56.2 Å². The molecule has 0 aromatic heterocycles. The van der Waals surface area contributed by atoms with Crippen molar-refractivity contribution in [2.75, 3.05) is 0 Å². The molecule has 1 saturated carbocycles. The second-order valence-electron chi connectivity index (χ2n) is 6.96. The van der Waals surface area contributed by atoms with Gasteiger partial charge in [-0.25, -0.2) is 4.39 Å². The first-order valence-corrected chi connectivity index (χ1v) is 8.94. The molecule has 1 fully saturated rings. The highest BCUT2D eigenvalue weighted by atomic mass is 19.1. The molecule has 0 aliphatic heterocycles. The Morgan fingerprint density at radius 3 is 2.04 bits per heavy atom. The summed E-state index contributed by atoms with van der Waals surface area (Å²) >= 11 is 0. The van der Waals surface area contributed by atoms with Crippen LogP contribution in [0, 0.1) is 17.2 Å². The fourth-order valence-electron chi connectivity index (χ4n) is 3.82. The average Bonchev–Trinajstić information content (AvgIpc) is 2.64. The second kappa shape index (κ2) is 7.18. The van der Waals surface area contributed by atoms with E-state index in [0.29, 0.717) is 24.3 Å². The minimum absolute atomic E-state index is 0.647. The summed E-state index contributed by atoms with van der Waals surface area (Å²) in [5.74, 6) is 0.705. The fourth-order valence-corrected chi connectivity index (χ4v) is 3.82. The van der Waals surface area contributed by atoms with Crippen LogP contribution in [0.25, 0.3) is 11.1 Å². The molecule has 2 aromatic carbocycles. The lowest BCUT2D eigenvalue weighted by molar-refractivity contribution is 0.0793. The summed E-state index contributed by atoms with van der Waals surface area (Å²) in [6, 6.07) is 17.5. The van der Waals surface area contributed by atoms with Gasteiger partial charge in [0.1, 0.15) is 5.67 Å². The molecule has 0 saturated heterocycles. The van der Waals surface area contributed by atoms with E-state index in [0.717, 1.165) is 29.5 Å². The summed E-state index contributed by atoms with van der Waals surface area (Å²) in [6.45, 7) is 2.21. The lowest BCUT2D eigenvalue weighted by atomic mass is 9.75. The number of nitriles is 1. The summed E-state index contributed by atoms with van der Waals surface area (Å²) in [5, 5.41) is 8.87. The van der Waals surface area contributed by atoms with Crippen molar-refractivity contribution in [3.63, 3.8) is 0 Å². The van der Waals surface area contributed by atoms with E-state index in [1.807, 2.05) is 48.5 Å². The smallest absolute Gasteiger partial charge is 0.136 e. The number of hydrogen-bond donors (Lipinski definition) is 0. The highest BCUT2D eigenvalue weighted by Gasteiger charge is 2.36. The van der Waals surface area contributed by atoms with Crippen LogP contribution in [-0.4, -0.2) is 0 Å². The van der Waals surface area contributed by atoms with Crippen LogP contribution in [0.2, 0.25) is 0 Å². The van der Waals surface area contributed by atoms with Crippen LogP contribution in [0.3, 0.4) is 0 Å². The summed E-state index contributed by atoms with van der Waals surface area (Å²) in [4.78, 5) is 0. The van der Waals surface area contributed by atoms with Crippen LogP contribution < -0.4 is 0 Å². The van der Waals surface area contributed by atoms with E-state index in [9.17, 15) is 0 Å². The summed E-state index contributed by atoms with van der Waals surface area (Å²) in [6.07, 6.45) is 5.72. The Kier molecular flexibility index (Phi) is 5.00. The first-order chi connectivity index (χ1) is 11.6. The van der Waals surface area contributed by atoms with E-state index >= 15 is 4.39 Å². The van der Waals surface area contributed by atoms with Crippen molar-refractivity contribution in [3.8, 4) is 17.2 Å². The van der Waals surface area contributed by atoms with Crippen LogP contribution in [0.15, 0.2) is 48.5 Å². The molecule has 24 heavy (non-hydrogen) atoms. The molecule has 2 aromatic rings. The van der Waals surface area contributed by atoms with Crippen molar-refractivity contribution in [2.45, 2.75) is 51.1 Å². The lowest BCUT2D eigenvalue weighted by Crippen LogP contribution is -2.27. The molecule has 0 N–H and O–H groups in total. The SMILES string of the molecule is CCCC1CCC(F)(c2ccc(-c3ccc(C#N)cc3)cc2)CC1. The minimum atomic E-state index is -1.16. The van der Waals surface area contributed by atoms with E-state index in [1.54, 1.807) is 0 Å². The van der Waals surface area contributed by atoms with Crippen molar-refractivity contribution in [2.24, 2.45) is 5.92 Å². The highest BCUT2D eigenvalue weighted by molar-refractivity contribution is 5.64. The number of nitrogens with zero attached hydrogens (tertiary/aromatic N) is 1. The van der Waals surface area contributed by atoms with Gasteiger partial charge in [-0.15, -0.1) is 0 Å². The molecular formula is C22H24FN. The third-order valence-electron chi connectivity index (χ3n) is 5.34. The summed E-state index contributed by atoms with van der Waals surface area (Å²) in [5.41, 5.74) is 2.43. The van der Waals surface area contributed by atoms with Gasteiger partial charge in [-0.05, 0) is 60.4 Å². The molecule has 0 amide bonds. The molecule has 1 nitrogen and oxygen atoms in total. The van der Waals surface area contributed by atoms with Gasteiger partial charge in [0.15, 0.2) is 0 Å². The molecule has 1 aliphatic carbocycles. The van der Waals surface area contributed by atoms with Crippen LogP contribution in [0.5, 0.6) is 0 Å². The Bertz CT molecular complexity index is 701. The van der Waals surface area contributed by atoms with Crippen LogP contribution in [0.1, 0.15) is 56.6 Å². The number of alkyl halides is 1. The van der Waals surface area contributed by atoms with E-state index in [-0.39, 0.29) is 0 Å². The van der Waals surface area contributed by atoms with Gasteiger partial charge in [-0.2, -0.15) is 5.26 Å². The number of benzene rings is 2. The standard InChI is InChI=1S/C22H24FN/c1-2-3-17-12-14-22(23,15-13-17)21-10-8-20(9-11-21)19-6-4-18(16-24)5-7-19/h4-11,17H,2-3,12-15H2,1H3. The third kappa shape index (κ3) is 3.51. The topological polar surface area (TPSA) is 23.8 Å². The Labute approximate surface area is 144 Å². The normalized spacial score (nSPS) is 23.6. The Morgan fingerprint density at radius 1 is 1.00 bits per heavy atom. The molecular weight excluding hydrogens is 297 g/mol. The molecule has 124 valence electrons. The summed E-state index contributed by atoms with van der Waals surface area (Å²) in [7, 11) is 0. The van der Waals surface area contributed by atoms with Gasteiger partial charge in [0.2, 0.25) is 0 Å². The lowest BCUT2D eigenvalue weighted by Gasteiger charge is -2.34. The van der Waals surface area contributed by atoms with Crippen molar-refractivity contribution in [3.05, 3.63) is 59.7 Å². The maximum Gasteiger partial charge on any atom is 0.136 e. The van der Waals surface area contributed by atoms with Gasteiger partial charge >= 0.3 is 0 Å². The molecule has 0 bridgehead atoms. The molecule has 0 heterocycles. The zero-order chi connectivity index (χ0) is 17.0. The minimum Gasteiger partial charge on any atom is -0.239 e. The first-order valence-electron chi connectivity index (χ1n) is 8.94. The van der Waals surface area contributed by atoms with Crippen LogP contribution >= 0.6 is 0 Å². The van der Waals surface area contributed by atoms with E-state index < -0.39 is 5.67 Å². The van der Waals surface area contributed by atoms with Crippen molar-refractivity contribution in [1.82, 2.24) is 0 Å². The van der Waals surface area contributed by atoms with Gasteiger partial charge in [0.25, 0.3) is 0 Å². The number of hydrogen-bond acceptors (Lipinski definition) is 1. The Morgan fingerprint density at radius 2 is 1.54 bits per heavy atom. The van der Waals surface area contributed by atoms with Crippen molar-refractivity contribution in [1.29, 1.82) is 5.26 Å². The van der Waals surface area contributed by atoms with Gasteiger partial charge in [0, 0.05) is 0 Å². The van der Waals surface area contributed by atoms with E-state index in [2.05, 4.69) is 13.0 Å². The maximum atomic E-state index is 15.3. The fraction of sp³-hybridized carbons (Fsp3) is 0.409. The molecule has 2 heteroatoms. The van der Waals surface area contributed by atoms with Gasteiger partial charge in [-0.3, -0.25) is 0 Å². The molecule has 0 atom stereocenters. The van der Waals surface area contributed by atoms with Gasteiger partial charge < -0.3 is 0 Å². The molecule has 0 radical (unpaired) electrons. The largest absolute Gasteiger partial charge is 0.239 e. The maximum absolute atomic E-state index is 15.3. The molecule has 3 rings (SSSR count). The Balaban J connectivity index is 1.73. The molecule has 0 unspecified atom stereocenters. The second-order valence-corrected chi connectivity index (χ2v) is 6.96. The first kappa shape index (κ1) is 16.7. The monoisotopic (exact) mass is 321 g/mol. The van der Waals surface area contributed by atoms with E-state index in [1.165, 1.54) is 12.8 Å². The predicted molar refractivity (Wildman–Crippen MR) is 96.2 cm³/mol. The summed E-state index contributed by atoms with van der Waals surface area (Å²) < 4.78 is 15.3. The van der Waals surface area contributed by atoms with Crippen LogP contribution in [0.4, 0.5) is 4.39 Å². The molecule has 1 aliphatic rings. The van der Waals surface area contributed by atoms with E-state index in [4.69, 9.17) is 5.26 Å².